The Bertz CT molecular complexity index is 291. The third-order valence-corrected chi connectivity index (χ3v) is 2.83. The van der Waals surface area contributed by atoms with Crippen LogP contribution in [0.1, 0.15) is 25.3 Å². The van der Waals surface area contributed by atoms with Gasteiger partial charge in [-0.25, -0.2) is 0 Å². The lowest BCUT2D eigenvalue weighted by atomic mass is 9.79. The summed E-state index contributed by atoms with van der Waals surface area (Å²) in [6.45, 7) is 6.78. The van der Waals surface area contributed by atoms with E-state index in [4.69, 9.17) is 4.74 Å². The summed E-state index contributed by atoms with van der Waals surface area (Å²) in [4.78, 5) is 0. The van der Waals surface area contributed by atoms with E-state index in [9.17, 15) is 0 Å². The Kier molecular flexibility index (Phi) is 4.57. The molecule has 0 fully saturated rings. The van der Waals surface area contributed by atoms with Gasteiger partial charge >= 0.3 is 0 Å². The largest absolute Gasteiger partial charge is 0.384 e. The highest BCUT2D eigenvalue weighted by molar-refractivity contribution is 5.24. The lowest BCUT2D eigenvalue weighted by molar-refractivity contribution is 0.133. The second kappa shape index (κ2) is 5.72. The van der Waals surface area contributed by atoms with Crippen LogP contribution in [0, 0.1) is 0 Å². The van der Waals surface area contributed by atoms with E-state index in [1.165, 1.54) is 5.56 Å². The maximum atomic E-state index is 5.32. The molecule has 0 bridgehead atoms. The number of hydrogen-bond donors (Lipinski definition) is 0. The average molecular weight is 204 g/mol. The molecule has 0 aliphatic rings. The van der Waals surface area contributed by atoms with E-state index in [2.05, 4.69) is 37.8 Å². The fourth-order valence-electron chi connectivity index (χ4n) is 1.88. The summed E-state index contributed by atoms with van der Waals surface area (Å²) >= 11 is 0. The molecular formula is C14H20O. The zero-order valence-corrected chi connectivity index (χ0v) is 9.70. The number of rotatable bonds is 6. The molecule has 0 spiro atoms. The standard InChI is InChI=1S/C14H20O/c1-4-5-11-14(2,12-15-3)13-9-7-6-8-10-13/h4,6-10H,1,5,11-12H2,2-3H3. The van der Waals surface area contributed by atoms with E-state index >= 15 is 0 Å². The maximum absolute atomic E-state index is 5.32. The Balaban J connectivity index is 2.85. The van der Waals surface area contributed by atoms with E-state index in [1.807, 2.05) is 12.1 Å². The normalized spacial score (nSPS) is 14.5. The summed E-state index contributed by atoms with van der Waals surface area (Å²) in [5, 5.41) is 0. The highest BCUT2D eigenvalue weighted by Gasteiger charge is 2.25. The minimum absolute atomic E-state index is 0.101. The molecule has 0 radical (unpaired) electrons. The second-order valence-corrected chi connectivity index (χ2v) is 4.19. The number of hydrogen-bond acceptors (Lipinski definition) is 1. The van der Waals surface area contributed by atoms with Crippen LogP contribution in [0.3, 0.4) is 0 Å². The van der Waals surface area contributed by atoms with Gasteiger partial charge in [-0.15, -0.1) is 6.58 Å². The van der Waals surface area contributed by atoms with Crippen molar-refractivity contribution in [2.45, 2.75) is 25.2 Å². The first-order valence-electron chi connectivity index (χ1n) is 5.38. The molecule has 1 rings (SSSR count). The Morgan fingerprint density at radius 3 is 2.53 bits per heavy atom. The van der Waals surface area contributed by atoms with Gasteiger partial charge in [0, 0.05) is 12.5 Å². The van der Waals surface area contributed by atoms with Crippen molar-refractivity contribution >= 4 is 0 Å². The van der Waals surface area contributed by atoms with Crippen LogP contribution in [-0.4, -0.2) is 13.7 Å². The van der Waals surface area contributed by atoms with Crippen LogP contribution in [0.2, 0.25) is 0 Å². The van der Waals surface area contributed by atoms with Gasteiger partial charge in [-0.3, -0.25) is 0 Å². The number of methoxy groups -OCH3 is 1. The van der Waals surface area contributed by atoms with Crippen molar-refractivity contribution in [3.8, 4) is 0 Å². The second-order valence-electron chi connectivity index (χ2n) is 4.19. The molecule has 0 amide bonds. The van der Waals surface area contributed by atoms with Crippen LogP contribution >= 0.6 is 0 Å². The first-order valence-corrected chi connectivity index (χ1v) is 5.38. The summed E-state index contributed by atoms with van der Waals surface area (Å²) in [6.07, 6.45) is 4.07. The molecule has 0 N–H and O–H groups in total. The topological polar surface area (TPSA) is 9.23 Å². The fraction of sp³-hybridized carbons (Fsp3) is 0.429. The monoisotopic (exact) mass is 204 g/mol. The van der Waals surface area contributed by atoms with Gasteiger partial charge in [0.15, 0.2) is 0 Å². The molecule has 1 nitrogen and oxygen atoms in total. The molecule has 1 aromatic carbocycles. The SMILES string of the molecule is C=CCCC(C)(COC)c1ccccc1. The summed E-state index contributed by atoms with van der Waals surface area (Å²) in [7, 11) is 1.76. The van der Waals surface area contributed by atoms with Crippen LogP contribution in [0.15, 0.2) is 43.0 Å². The van der Waals surface area contributed by atoms with E-state index in [-0.39, 0.29) is 5.41 Å². The Hall–Kier alpha value is -1.08. The first kappa shape index (κ1) is 12.0. The molecule has 1 unspecified atom stereocenters. The predicted octanol–water partition coefficient (Wildman–Crippen LogP) is 3.56. The summed E-state index contributed by atoms with van der Waals surface area (Å²) in [5.41, 5.74) is 1.44. The highest BCUT2D eigenvalue weighted by Crippen LogP contribution is 2.29. The Morgan fingerprint density at radius 1 is 1.33 bits per heavy atom. The van der Waals surface area contributed by atoms with Crippen molar-refractivity contribution in [1.29, 1.82) is 0 Å². The van der Waals surface area contributed by atoms with Crippen molar-refractivity contribution in [3.63, 3.8) is 0 Å². The van der Waals surface area contributed by atoms with Gasteiger partial charge in [0.1, 0.15) is 0 Å². The van der Waals surface area contributed by atoms with Gasteiger partial charge in [0.25, 0.3) is 0 Å². The van der Waals surface area contributed by atoms with E-state index < -0.39 is 0 Å². The van der Waals surface area contributed by atoms with Gasteiger partial charge in [0.05, 0.1) is 6.61 Å². The third kappa shape index (κ3) is 3.21. The van der Waals surface area contributed by atoms with Crippen LogP contribution in [0.5, 0.6) is 0 Å². The summed E-state index contributed by atoms with van der Waals surface area (Å²) < 4.78 is 5.32. The summed E-state index contributed by atoms with van der Waals surface area (Å²) in [5.74, 6) is 0. The fourth-order valence-corrected chi connectivity index (χ4v) is 1.88. The zero-order valence-electron chi connectivity index (χ0n) is 9.70. The molecule has 1 atom stereocenters. The number of ether oxygens (including phenoxy) is 1. The van der Waals surface area contributed by atoms with Crippen LogP contribution in [0.4, 0.5) is 0 Å². The quantitative estimate of drug-likeness (QED) is 0.644. The Morgan fingerprint density at radius 2 is 2.00 bits per heavy atom. The van der Waals surface area contributed by atoms with E-state index in [0.29, 0.717) is 0 Å². The molecule has 0 aliphatic heterocycles. The molecule has 1 aromatic rings. The lowest BCUT2D eigenvalue weighted by Crippen LogP contribution is -2.27. The minimum Gasteiger partial charge on any atom is -0.384 e. The van der Waals surface area contributed by atoms with Gasteiger partial charge in [0.2, 0.25) is 0 Å². The third-order valence-electron chi connectivity index (χ3n) is 2.83. The molecule has 15 heavy (non-hydrogen) atoms. The maximum Gasteiger partial charge on any atom is 0.0556 e. The van der Waals surface area contributed by atoms with Crippen molar-refractivity contribution in [2.75, 3.05) is 13.7 Å². The van der Waals surface area contributed by atoms with Crippen LogP contribution in [0.25, 0.3) is 0 Å². The summed E-state index contributed by atoms with van der Waals surface area (Å²) in [6, 6.07) is 10.5. The van der Waals surface area contributed by atoms with Crippen molar-refractivity contribution in [1.82, 2.24) is 0 Å². The molecule has 0 saturated heterocycles. The number of benzene rings is 1. The molecular weight excluding hydrogens is 184 g/mol. The van der Waals surface area contributed by atoms with Gasteiger partial charge in [-0.1, -0.05) is 43.3 Å². The van der Waals surface area contributed by atoms with E-state index in [0.717, 1.165) is 19.4 Å². The molecule has 0 aliphatic carbocycles. The first-order chi connectivity index (χ1) is 7.23. The van der Waals surface area contributed by atoms with Gasteiger partial charge < -0.3 is 4.74 Å². The smallest absolute Gasteiger partial charge is 0.0556 e. The molecule has 0 heterocycles. The van der Waals surface area contributed by atoms with Crippen LogP contribution in [-0.2, 0) is 10.2 Å². The highest BCUT2D eigenvalue weighted by atomic mass is 16.5. The van der Waals surface area contributed by atoms with E-state index in [1.54, 1.807) is 7.11 Å². The minimum atomic E-state index is 0.101. The van der Waals surface area contributed by atoms with Crippen molar-refractivity contribution < 1.29 is 4.74 Å². The molecule has 82 valence electrons. The zero-order chi connectivity index (χ0) is 11.1. The van der Waals surface area contributed by atoms with Crippen molar-refractivity contribution in [2.24, 2.45) is 0 Å². The van der Waals surface area contributed by atoms with Crippen molar-refractivity contribution in [3.05, 3.63) is 48.6 Å². The number of allylic oxidation sites excluding steroid dienone is 1. The predicted molar refractivity (Wildman–Crippen MR) is 65.1 cm³/mol. The molecule has 0 saturated carbocycles. The Labute approximate surface area is 92.8 Å². The lowest BCUT2D eigenvalue weighted by Gasteiger charge is -2.29. The molecule has 1 heteroatoms. The molecule has 0 aromatic heterocycles. The van der Waals surface area contributed by atoms with Gasteiger partial charge in [-0.2, -0.15) is 0 Å². The van der Waals surface area contributed by atoms with Gasteiger partial charge in [-0.05, 0) is 18.4 Å². The average Bonchev–Trinajstić information content (AvgIpc) is 2.28. The van der Waals surface area contributed by atoms with Crippen LogP contribution < -0.4 is 0 Å².